The van der Waals surface area contributed by atoms with Crippen LogP contribution in [0.5, 0.6) is 11.5 Å². The number of hydrogen-bond donors (Lipinski definition) is 1. The number of benzene rings is 1. The van der Waals surface area contributed by atoms with Crippen molar-refractivity contribution in [3.63, 3.8) is 0 Å². The summed E-state index contributed by atoms with van der Waals surface area (Å²) in [6.45, 7) is 5.73. The molecule has 0 saturated carbocycles. The summed E-state index contributed by atoms with van der Waals surface area (Å²) in [5, 5.41) is 9.81. The number of nitrogens with one attached hydrogen (secondary N) is 1. The van der Waals surface area contributed by atoms with Crippen molar-refractivity contribution in [2.24, 2.45) is 0 Å². The van der Waals surface area contributed by atoms with E-state index in [9.17, 15) is 9.59 Å². The maximum atomic E-state index is 13.5. The highest BCUT2D eigenvalue weighted by Crippen LogP contribution is 2.32. The molecule has 1 aliphatic rings. The Morgan fingerprint density at radius 1 is 1.24 bits per heavy atom. The number of carbonyl (C=O) groups is 1. The van der Waals surface area contributed by atoms with Crippen LogP contribution in [0, 0.1) is 6.92 Å². The summed E-state index contributed by atoms with van der Waals surface area (Å²) in [5.41, 5.74) is 2.22. The zero-order valence-electron chi connectivity index (χ0n) is 18.7. The lowest BCUT2D eigenvalue weighted by Crippen LogP contribution is -2.26. The second-order valence-electron chi connectivity index (χ2n) is 7.66. The minimum Gasteiger partial charge on any atom is -0.486 e. The highest BCUT2D eigenvalue weighted by molar-refractivity contribution is 7.99. The molecule has 34 heavy (non-hydrogen) atoms. The van der Waals surface area contributed by atoms with Crippen LogP contribution < -0.4 is 20.3 Å². The van der Waals surface area contributed by atoms with E-state index in [1.165, 1.54) is 11.8 Å². The summed E-state index contributed by atoms with van der Waals surface area (Å²) in [7, 11) is 0. The van der Waals surface area contributed by atoms with Crippen molar-refractivity contribution in [3.8, 4) is 11.5 Å². The van der Waals surface area contributed by atoms with E-state index < -0.39 is 0 Å². The molecule has 0 aliphatic carbocycles. The Morgan fingerprint density at radius 2 is 2.06 bits per heavy atom. The summed E-state index contributed by atoms with van der Waals surface area (Å²) in [6, 6.07) is 9.23. The van der Waals surface area contributed by atoms with Crippen molar-refractivity contribution in [3.05, 3.63) is 56.6 Å². The van der Waals surface area contributed by atoms with Gasteiger partial charge in [-0.15, -0.1) is 11.3 Å². The van der Waals surface area contributed by atoms with E-state index >= 15 is 0 Å². The average Bonchev–Trinajstić information content (AvgIpc) is 3.47. The number of aromatic nitrogens is 4. The highest BCUT2D eigenvalue weighted by Gasteiger charge is 2.20. The molecule has 4 heterocycles. The second-order valence-corrected chi connectivity index (χ2v) is 9.63. The molecule has 3 aromatic heterocycles. The van der Waals surface area contributed by atoms with Crippen LogP contribution in [-0.4, -0.2) is 44.2 Å². The van der Waals surface area contributed by atoms with Crippen LogP contribution in [0.15, 0.2) is 45.7 Å². The predicted octanol–water partition coefficient (Wildman–Crippen LogP) is 3.53. The van der Waals surface area contributed by atoms with E-state index in [0.29, 0.717) is 65.4 Å². The van der Waals surface area contributed by atoms with Crippen molar-refractivity contribution in [1.82, 2.24) is 19.3 Å². The third-order valence-electron chi connectivity index (χ3n) is 5.33. The lowest BCUT2D eigenvalue weighted by molar-refractivity contribution is -0.113. The molecule has 0 atom stereocenters. The normalized spacial score (nSPS) is 12.8. The van der Waals surface area contributed by atoms with Gasteiger partial charge in [0.25, 0.3) is 5.56 Å². The van der Waals surface area contributed by atoms with Crippen LogP contribution in [0.25, 0.3) is 11.0 Å². The van der Waals surface area contributed by atoms with Gasteiger partial charge in [0.05, 0.1) is 18.0 Å². The number of fused-ring (bicyclic) bond motifs is 2. The molecule has 4 aromatic rings. The first-order valence-electron chi connectivity index (χ1n) is 10.9. The van der Waals surface area contributed by atoms with Gasteiger partial charge < -0.3 is 14.8 Å². The number of carbonyl (C=O) groups excluding carboxylic acids is 1. The largest absolute Gasteiger partial charge is 0.486 e. The van der Waals surface area contributed by atoms with Gasteiger partial charge in [0.15, 0.2) is 22.2 Å². The van der Waals surface area contributed by atoms with E-state index in [0.717, 1.165) is 4.88 Å². The third-order valence-corrected chi connectivity index (χ3v) is 7.17. The molecule has 0 spiro atoms. The molecule has 1 aliphatic heterocycles. The minimum absolute atomic E-state index is 0.0950. The lowest BCUT2D eigenvalue weighted by atomic mass is 10.2. The van der Waals surface area contributed by atoms with Crippen molar-refractivity contribution in [2.75, 3.05) is 24.3 Å². The number of aryl methyl sites for hydroxylation is 2. The van der Waals surface area contributed by atoms with Gasteiger partial charge in [-0.3, -0.25) is 18.8 Å². The molecular formula is C23H23N5O4S2. The Labute approximate surface area is 203 Å². The Morgan fingerprint density at radius 3 is 2.82 bits per heavy atom. The van der Waals surface area contributed by atoms with Crippen molar-refractivity contribution >= 4 is 45.7 Å². The minimum atomic E-state index is -0.209. The van der Waals surface area contributed by atoms with Gasteiger partial charge in [-0.2, -0.15) is 5.10 Å². The van der Waals surface area contributed by atoms with Crippen LogP contribution in [0.3, 0.4) is 0 Å². The molecule has 11 heteroatoms. The highest BCUT2D eigenvalue weighted by atomic mass is 32.2. The molecule has 0 radical (unpaired) electrons. The fourth-order valence-electron chi connectivity index (χ4n) is 3.77. The number of thiophene rings is 1. The molecule has 5 rings (SSSR count). The van der Waals surface area contributed by atoms with Crippen molar-refractivity contribution in [2.45, 2.75) is 32.1 Å². The maximum Gasteiger partial charge on any atom is 0.280 e. The van der Waals surface area contributed by atoms with Crippen LogP contribution in [-0.2, 0) is 17.9 Å². The number of rotatable bonds is 7. The molecule has 1 amide bonds. The topological polar surface area (TPSA) is 100 Å². The number of thioether (sulfide) groups is 1. The van der Waals surface area contributed by atoms with Gasteiger partial charge in [0.2, 0.25) is 5.91 Å². The smallest absolute Gasteiger partial charge is 0.280 e. The average molecular weight is 498 g/mol. The van der Waals surface area contributed by atoms with E-state index in [1.54, 1.807) is 38.8 Å². The van der Waals surface area contributed by atoms with Gasteiger partial charge in [-0.1, -0.05) is 17.8 Å². The van der Waals surface area contributed by atoms with E-state index in [1.807, 2.05) is 31.4 Å². The number of hydrogen-bond acceptors (Lipinski definition) is 8. The summed E-state index contributed by atoms with van der Waals surface area (Å²) >= 11 is 2.80. The third kappa shape index (κ3) is 4.40. The number of nitrogens with zero attached hydrogens (tertiary/aromatic N) is 4. The molecule has 0 fully saturated rings. The maximum absolute atomic E-state index is 13.5. The van der Waals surface area contributed by atoms with Gasteiger partial charge in [-0.25, -0.2) is 4.98 Å². The van der Waals surface area contributed by atoms with Crippen molar-refractivity contribution in [1.29, 1.82) is 0 Å². The molecule has 1 N–H and O–H groups in total. The van der Waals surface area contributed by atoms with Gasteiger partial charge in [-0.05, 0) is 37.4 Å². The van der Waals surface area contributed by atoms with Crippen LogP contribution >= 0.6 is 23.1 Å². The summed E-state index contributed by atoms with van der Waals surface area (Å²) < 4.78 is 14.4. The van der Waals surface area contributed by atoms with Gasteiger partial charge in [0.1, 0.15) is 18.7 Å². The molecule has 9 nitrogen and oxygen atoms in total. The quantitative estimate of drug-likeness (QED) is 0.308. The van der Waals surface area contributed by atoms with E-state index in [2.05, 4.69) is 10.4 Å². The summed E-state index contributed by atoms with van der Waals surface area (Å²) in [4.78, 5) is 32.0. The SMILES string of the molecule is CCn1nc(C)c2nc(SCC(=O)Nc3ccc4c(c3)OCCO4)n(Cc3cccs3)c(=O)c21. The fraction of sp³-hybridized carbons (Fsp3) is 0.304. The van der Waals surface area contributed by atoms with E-state index in [4.69, 9.17) is 14.5 Å². The second kappa shape index (κ2) is 9.51. The summed E-state index contributed by atoms with van der Waals surface area (Å²) in [6.07, 6.45) is 0. The Kier molecular flexibility index (Phi) is 6.29. The fourth-order valence-corrected chi connectivity index (χ4v) is 5.26. The monoisotopic (exact) mass is 497 g/mol. The molecule has 0 bridgehead atoms. The first kappa shape index (κ1) is 22.5. The molecule has 1 aromatic carbocycles. The Bertz CT molecular complexity index is 1410. The van der Waals surface area contributed by atoms with E-state index in [-0.39, 0.29) is 17.2 Å². The Hall–Kier alpha value is -3.31. The standard InChI is InChI=1S/C23H23N5O4S2/c1-3-28-21-20(14(2)26-28)25-23(27(22(21)30)12-16-5-4-10-33-16)34-13-19(29)24-15-6-7-17-18(11-15)32-9-8-31-17/h4-7,10-11H,3,8-9,12-13H2,1-2H3,(H,24,29). The molecule has 0 saturated heterocycles. The number of anilines is 1. The zero-order chi connectivity index (χ0) is 23.7. The molecule has 176 valence electrons. The summed E-state index contributed by atoms with van der Waals surface area (Å²) in [5.74, 6) is 1.16. The van der Waals surface area contributed by atoms with Crippen LogP contribution in [0.4, 0.5) is 5.69 Å². The predicted molar refractivity (Wildman–Crippen MR) is 132 cm³/mol. The first-order valence-corrected chi connectivity index (χ1v) is 12.7. The zero-order valence-corrected chi connectivity index (χ0v) is 20.4. The number of amides is 1. The number of ether oxygens (including phenoxy) is 2. The molecular weight excluding hydrogens is 474 g/mol. The molecule has 0 unspecified atom stereocenters. The van der Waals surface area contributed by atoms with Crippen LogP contribution in [0.1, 0.15) is 17.5 Å². The lowest BCUT2D eigenvalue weighted by Gasteiger charge is -2.19. The first-order chi connectivity index (χ1) is 16.5. The van der Waals surface area contributed by atoms with Gasteiger partial charge >= 0.3 is 0 Å². The Balaban J connectivity index is 1.40. The van der Waals surface area contributed by atoms with Crippen molar-refractivity contribution < 1.29 is 14.3 Å². The van der Waals surface area contributed by atoms with Crippen LogP contribution in [0.2, 0.25) is 0 Å². The van der Waals surface area contributed by atoms with Gasteiger partial charge in [0, 0.05) is 23.2 Å².